The number of ether oxygens (including phenoxy) is 3. The number of methoxy groups -OCH3 is 2. The minimum atomic E-state index is -1.44. The van der Waals surface area contributed by atoms with E-state index >= 15 is 0 Å². The van der Waals surface area contributed by atoms with Crippen molar-refractivity contribution >= 4 is 124 Å². The van der Waals surface area contributed by atoms with Crippen LogP contribution < -0.4 is 19.7 Å². The number of pyridine rings is 2. The number of rotatable bonds is 7. The van der Waals surface area contributed by atoms with Crippen molar-refractivity contribution in [2.75, 3.05) is 28.3 Å². The number of aromatic nitrogens is 2. The van der Waals surface area contributed by atoms with Gasteiger partial charge >= 0.3 is 7.12 Å². The second-order valence-corrected chi connectivity index (χ2v) is 16.5. The van der Waals surface area contributed by atoms with Gasteiger partial charge < -0.3 is 29.4 Å². The van der Waals surface area contributed by atoms with Crippen LogP contribution in [0.5, 0.6) is 28.7 Å². The van der Waals surface area contributed by atoms with Crippen LogP contribution in [0.2, 0.25) is 0 Å². The van der Waals surface area contributed by atoms with Gasteiger partial charge in [0, 0.05) is 40.8 Å². The molecule has 0 spiro atoms. The molecular weight excluding hydrogens is 967 g/mol. The smallest absolute Gasteiger partial charge is 0.489 e. The maximum atomic E-state index is 12.2. The van der Waals surface area contributed by atoms with Gasteiger partial charge in [0.05, 0.1) is 35.1 Å². The van der Waals surface area contributed by atoms with Crippen molar-refractivity contribution in [2.24, 2.45) is 0 Å². The van der Waals surface area contributed by atoms with Crippen LogP contribution in [0.1, 0.15) is 18.6 Å². The molecule has 62 heavy (non-hydrogen) atoms. The number of hydrogen-bond donors (Lipinski definition) is 3. The molecule has 6 aromatic rings. The summed E-state index contributed by atoms with van der Waals surface area (Å²) in [6.07, 6.45) is 6.50. The average Bonchev–Trinajstić information content (AvgIpc) is 3.64. The van der Waals surface area contributed by atoms with Crippen molar-refractivity contribution in [3.05, 3.63) is 127 Å². The van der Waals surface area contributed by atoms with Crippen LogP contribution >= 0.6 is 55.4 Å². The zero-order valence-corrected chi connectivity index (χ0v) is 37.3. The minimum absolute atomic E-state index is 0. The number of phenols is 1. The SMILES string of the molecule is C.COc1cc(/C=C2\SC(=O)N(C)C2=O)c(Br)cc1O.COc1cc(/C=C2\SC(=O)N(C)C2=O)c(Br)cc1Oc1ccnc2ccccc12.OB(O)c1ccnc2ccccc12. The lowest BCUT2D eigenvalue weighted by Crippen LogP contribution is -2.30. The van der Waals surface area contributed by atoms with E-state index in [1.165, 1.54) is 27.3 Å². The molecule has 3 N–H and O–H groups in total. The third kappa shape index (κ3) is 10.7. The zero-order valence-electron chi connectivity index (χ0n) is 32.5. The summed E-state index contributed by atoms with van der Waals surface area (Å²) in [6, 6.07) is 25.0. The summed E-state index contributed by atoms with van der Waals surface area (Å²) < 4.78 is 17.9. The highest BCUT2D eigenvalue weighted by Crippen LogP contribution is 2.41. The molecule has 0 unspecified atom stereocenters. The molecule has 2 fully saturated rings. The number of amides is 4. The number of hydrogen-bond acceptors (Lipinski definition) is 14. The number of halogens is 2. The molecule has 2 aliphatic heterocycles. The number of aromatic hydroxyl groups is 1. The predicted molar refractivity (Wildman–Crippen MR) is 251 cm³/mol. The van der Waals surface area contributed by atoms with Gasteiger partial charge in [-0.2, -0.15) is 0 Å². The Labute approximate surface area is 382 Å². The van der Waals surface area contributed by atoms with Gasteiger partial charge in [-0.05, 0) is 112 Å². The number of thioether (sulfide) groups is 2. The normalized spacial score (nSPS) is 14.7. The summed E-state index contributed by atoms with van der Waals surface area (Å²) in [5.41, 5.74) is 3.44. The minimum Gasteiger partial charge on any atom is -0.504 e. The van der Waals surface area contributed by atoms with Crippen LogP contribution in [-0.4, -0.2) is 92.6 Å². The van der Waals surface area contributed by atoms with Crippen LogP contribution in [-0.2, 0) is 9.59 Å². The first kappa shape index (κ1) is 47.4. The maximum Gasteiger partial charge on any atom is 0.489 e. The van der Waals surface area contributed by atoms with Gasteiger partial charge in [-0.25, -0.2) is 0 Å². The molecule has 14 nitrogen and oxygen atoms in total. The molecular formula is C43H37BBr2N4O10S2. The molecule has 8 rings (SSSR count). The number of benzene rings is 4. The van der Waals surface area contributed by atoms with E-state index in [9.17, 15) is 24.3 Å². The first-order valence-electron chi connectivity index (χ1n) is 17.8. The van der Waals surface area contributed by atoms with Gasteiger partial charge in [-0.15, -0.1) is 0 Å². The number of likely N-dealkylation sites (N-methyl/N-ethyl adjacent to an activating group) is 2. The molecule has 2 aromatic heterocycles. The number of carbonyl (C=O) groups is 4. The molecule has 2 saturated heterocycles. The fraction of sp³-hybridized carbons (Fsp3) is 0.116. The van der Waals surface area contributed by atoms with E-state index in [4.69, 9.17) is 24.3 Å². The van der Waals surface area contributed by atoms with E-state index in [0.29, 0.717) is 58.3 Å². The number of para-hydroxylation sites is 2. The van der Waals surface area contributed by atoms with Gasteiger partial charge in [0.2, 0.25) is 0 Å². The van der Waals surface area contributed by atoms with E-state index in [-0.39, 0.29) is 35.5 Å². The van der Waals surface area contributed by atoms with Crippen LogP contribution in [0.15, 0.2) is 116 Å². The van der Waals surface area contributed by atoms with Crippen molar-refractivity contribution < 1.29 is 48.5 Å². The molecule has 4 amide bonds. The lowest BCUT2D eigenvalue weighted by atomic mass is 9.78. The average molecular weight is 1000 g/mol. The third-order valence-electron chi connectivity index (χ3n) is 8.92. The highest BCUT2D eigenvalue weighted by molar-refractivity contribution is 9.10. The molecule has 0 saturated carbocycles. The summed E-state index contributed by atoms with van der Waals surface area (Å²) in [7, 11) is 4.44. The fourth-order valence-electron chi connectivity index (χ4n) is 5.73. The lowest BCUT2D eigenvalue weighted by molar-refractivity contribution is -0.122. The third-order valence-corrected chi connectivity index (χ3v) is 12.2. The van der Waals surface area contributed by atoms with Crippen LogP contribution in [0.25, 0.3) is 34.0 Å². The maximum absolute atomic E-state index is 12.2. The van der Waals surface area contributed by atoms with E-state index < -0.39 is 7.12 Å². The molecule has 0 atom stereocenters. The molecule has 318 valence electrons. The number of nitrogens with zero attached hydrogens (tertiary/aromatic N) is 4. The molecule has 4 heterocycles. The molecule has 4 aromatic carbocycles. The second kappa shape index (κ2) is 20.9. The van der Waals surface area contributed by atoms with Crippen molar-refractivity contribution in [1.82, 2.24) is 19.8 Å². The van der Waals surface area contributed by atoms with Crippen molar-refractivity contribution in [3.8, 4) is 28.7 Å². The Balaban J connectivity index is 0.000000189. The van der Waals surface area contributed by atoms with Crippen LogP contribution in [0.4, 0.5) is 9.59 Å². The Morgan fingerprint density at radius 2 is 1.13 bits per heavy atom. The first-order chi connectivity index (χ1) is 29.2. The van der Waals surface area contributed by atoms with E-state index in [1.807, 2.05) is 48.5 Å². The highest BCUT2D eigenvalue weighted by Gasteiger charge is 2.33. The molecule has 0 aliphatic carbocycles. The number of imide groups is 2. The quantitative estimate of drug-likeness (QED) is 0.102. The van der Waals surface area contributed by atoms with Gasteiger partial charge in [0.15, 0.2) is 23.0 Å². The summed E-state index contributed by atoms with van der Waals surface area (Å²) in [5.74, 6) is 1.29. The topological polar surface area (TPSA) is 189 Å². The molecule has 19 heteroatoms. The van der Waals surface area contributed by atoms with Crippen molar-refractivity contribution in [2.45, 2.75) is 7.43 Å². The summed E-state index contributed by atoms with van der Waals surface area (Å²) in [4.78, 5) is 58.3. The van der Waals surface area contributed by atoms with E-state index in [1.54, 1.807) is 62.0 Å². The van der Waals surface area contributed by atoms with Crippen LogP contribution in [0.3, 0.4) is 0 Å². The van der Waals surface area contributed by atoms with E-state index in [0.717, 1.165) is 55.1 Å². The van der Waals surface area contributed by atoms with Crippen molar-refractivity contribution in [1.29, 1.82) is 0 Å². The van der Waals surface area contributed by atoms with Crippen LogP contribution in [0, 0.1) is 0 Å². The first-order valence-corrected chi connectivity index (χ1v) is 21.0. The zero-order chi connectivity index (χ0) is 44.0. The van der Waals surface area contributed by atoms with Gasteiger partial charge in [-0.1, -0.05) is 69.6 Å². The summed E-state index contributed by atoms with van der Waals surface area (Å²) >= 11 is 8.59. The number of carbonyl (C=O) groups excluding carboxylic acids is 4. The van der Waals surface area contributed by atoms with Gasteiger partial charge in [0.25, 0.3) is 22.3 Å². The second-order valence-electron chi connectivity index (χ2n) is 12.8. The Morgan fingerprint density at radius 3 is 1.65 bits per heavy atom. The highest BCUT2D eigenvalue weighted by atomic mass is 79.9. The molecule has 2 aliphatic rings. The Morgan fingerprint density at radius 1 is 0.645 bits per heavy atom. The van der Waals surface area contributed by atoms with Crippen molar-refractivity contribution in [3.63, 3.8) is 0 Å². The van der Waals surface area contributed by atoms with Gasteiger partial charge in [-0.3, -0.25) is 38.9 Å². The van der Waals surface area contributed by atoms with E-state index in [2.05, 4.69) is 41.8 Å². The predicted octanol–water partition coefficient (Wildman–Crippen LogP) is 8.84. The Kier molecular flexibility index (Phi) is 16.0. The number of fused-ring (bicyclic) bond motifs is 2. The van der Waals surface area contributed by atoms with Gasteiger partial charge in [0.1, 0.15) is 5.75 Å². The monoisotopic (exact) mass is 1000 g/mol. The fourth-order valence-corrected chi connectivity index (χ4v) is 8.25. The largest absolute Gasteiger partial charge is 0.504 e. The molecule has 0 bridgehead atoms. The lowest BCUT2D eigenvalue weighted by Gasteiger charge is -2.14. The Hall–Kier alpha value is -5.70. The Bertz CT molecular complexity index is 2760. The standard InChI is InChI=1S/C21H15BrN2O4S.C12H10BrNO4S.C9H8BNO2.CH4/c1-24-20(25)19(29-21(24)26)10-12-9-17(27-2)18(11-14(12)22)28-16-7-8-23-15-6-4-3-5-13(15)16;1-14-11(16)10(19-12(14)17)4-6-3-9(18-2)8(15)5-7(6)13;12-10(13)8-5-6-11-9-4-2-1-3-7(8)9;/h3-11H,1-2H3;3-5,15H,1-2H3;1-6,12-13H;1H4/b19-10-;10-4-;;. The molecule has 0 radical (unpaired) electrons. The number of phenolic OH excluding ortho intramolecular Hbond substituents is 1. The summed E-state index contributed by atoms with van der Waals surface area (Å²) in [5, 5.41) is 28.8. The summed E-state index contributed by atoms with van der Waals surface area (Å²) in [6.45, 7) is 0.